The summed E-state index contributed by atoms with van der Waals surface area (Å²) in [6.07, 6.45) is 2.77. The molecule has 0 saturated heterocycles. The van der Waals surface area contributed by atoms with Crippen molar-refractivity contribution >= 4 is 40.1 Å². The number of benzene rings is 2. The third kappa shape index (κ3) is 4.30. The third-order valence-corrected chi connectivity index (χ3v) is 6.80. The van der Waals surface area contributed by atoms with Crippen molar-refractivity contribution in [1.82, 2.24) is 10.3 Å². The molecule has 168 valence electrons. The Hall–Kier alpha value is -3.03. The van der Waals surface area contributed by atoms with E-state index in [1.54, 1.807) is 16.8 Å². The van der Waals surface area contributed by atoms with Gasteiger partial charge in [-0.15, -0.1) is 5.10 Å². The quantitative estimate of drug-likeness (QED) is 0.523. The van der Waals surface area contributed by atoms with Crippen LogP contribution in [0.4, 0.5) is 0 Å². The zero-order valence-electron chi connectivity index (χ0n) is 18.1. The first-order chi connectivity index (χ1) is 16.2. The van der Waals surface area contributed by atoms with Crippen LogP contribution in [0.5, 0.6) is 0 Å². The summed E-state index contributed by atoms with van der Waals surface area (Å²) in [4.78, 5) is 18.1. The second-order valence-electron chi connectivity index (χ2n) is 7.81. The predicted molar refractivity (Wildman–Crippen MR) is 132 cm³/mol. The normalized spacial score (nSPS) is 17.1. The van der Waals surface area contributed by atoms with E-state index in [1.807, 2.05) is 60.7 Å². The van der Waals surface area contributed by atoms with Crippen LogP contribution in [0.25, 0.3) is 17.0 Å². The van der Waals surface area contributed by atoms with Crippen molar-refractivity contribution in [1.29, 1.82) is 0 Å². The highest BCUT2D eigenvalue weighted by molar-refractivity contribution is 8.13. The van der Waals surface area contributed by atoms with Gasteiger partial charge in [-0.25, -0.2) is 10.0 Å². The van der Waals surface area contributed by atoms with E-state index in [1.165, 1.54) is 0 Å². The fraction of sp³-hybridized carbons (Fsp3) is 0.240. The fourth-order valence-corrected chi connectivity index (χ4v) is 4.98. The molecule has 1 atom stereocenters. The number of halogens is 1. The van der Waals surface area contributed by atoms with Gasteiger partial charge >= 0.3 is 0 Å². The molecule has 0 aliphatic carbocycles. The van der Waals surface area contributed by atoms with Crippen molar-refractivity contribution < 1.29 is 9.21 Å². The van der Waals surface area contributed by atoms with Gasteiger partial charge in [0, 0.05) is 16.5 Å². The number of hydrogen-bond donors (Lipinski definition) is 1. The molecular weight excluding hydrogens is 456 g/mol. The maximum atomic E-state index is 13.2. The van der Waals surface area contributed by atoms with E-state index in [4.69, 9.17) is 26.1 Å². The second-order valence-corrected chi connectivity index (χ2v) is 9.30. The number of rotatable bonds is 6. The number of unbranched alkanes of at least 4 members (excludes halogenated alkanes) is 2. The number of fused-ring (bicyclic) bond motifs is 2. The second kappa shape index (κ2) is 9.45. The highest BCUT2D eigenvalue weighted by Crippen LogP contribution is 2.35. The van der Waals surface area contributed by atoms with Crippen molar-refractivity contribution in [2.75, 3.05) is 5.75 Å². The lowest BCUT2D eigenvalue weighted by atomic mass is 10.1. The average molecular weight is 479 g/mol. The van der Waals surface area contributed by atoms with Crippen LogP contribution < -0.4 is 15.9 Å². The zero-order chi connectivity index (χ0) is 22.8. The smallest absolute Gasteiger partial charge is 0.276 e. The summed E-state index contributed by atoms with van der Waals surface area (Å²) >= 11 is 7.92. The molecule has 0 fully saturated rings. The number of thioether (sulfide) groups is 1. The zero-order valence-corrected chi connectivity index (χ0v) is 19.7. The lowest BCUT2D eigenvalue weighted by Crippen LogP contribution is -2.50. The van der Waals surface area contributed by atoms with Crippen LogP contribution in [0.15, 0.2) is 75.2 Å². The van der Waals surface area contributed by atoms with Crippen molar-refractivity contribution in [2.24, 2.45) is 10.1 Å². The minimum Gasteiger partial charge on any atom is -0.457 e. The van der Waals surface area contributed by atoms with Crippen molar-refractivity contribution in [2.45, 2.75) is 32.4 Å². The summed E-state index contributed by atoms with van der Waals surface area (Å²) in [6, 6.07) is 18.9. The molecule has 3 aromatic rings. The minimum absolute atomic E-state index is 0.187. The van der Waals surface area contributed by atoms with Crippen molar-refractivity contribution in [3.63, 3.8) is 0 Å². The van der Waals surface area contributed by atoms with Crippen LogP contribution in [0.1, 0.15) is 38.1 Å². The summed E-state index contributed by atoms with van der Waals surface area (Å²) in [5.74, 6) is 1.94. The SMILES string of the molecule is CCCCCSC1=NN2C(=c3ccccc3=NC2c2ccc(-c3ccccc3Cl)o2)C(=O)N1. The molecule has 6 nitrogen and oxygen atoms in total. The molecule has 0 spiro atoms. The summed E-state index contributed by atoms with van der Waals surface area (Å²) in [5.41, 5.74) is 1.28. The van der Waals surface area contributed by atoms with Crippen LogP contribution in [0, 0.1) is 0 Å². The first-order valence-electron chi connectivity index (χ1n) is 11.0. The number of nitrogens with zero attached hydrogens (tertiary/aromatic N) is 3. The molecule has 0 radical (unpaired) electrons. The Balaban J connectivity index is 1.56. The standard InChI is InChI=1S/C25H23ClN4O2S/c1-2-3-8-15-33-25-28-24(31)22-17-10-5-7-12-19(17)27-23(30(22)29-25)21-14-13-20(32-21)16-9-4-6-11-18(16)26/h4-7,9-14,23H,2-3,8,15H2,1H3,(H,28,29,31). The van der Waals surface area contributed by atoms with Crippen LogP contribution in [0.2, 0.25) is 5.02 Å². The number of amides is 1. The van der Waals surface area contributed by atoms with E-state index < -0.39 is 6.17 Å². The lowest BCUT2D eigenvalue weighted by Gasteiger charge is -2.32. The molecule has 1 N–H and O–H groups in total. The number of carbonyl (C=O) groups excluding carboxylic acids is 1. The van der Waals surface area contributed by atoms with E-state index in [2.05, 4.69) is 12.2 Å². The largest absolute Gasteiger partial charge is 0.457 e. The molecule has 2 aliphatic rings. The Bertz CT molecular complexity index is 1350. The van der Waals surface area contributed by atoms with Gasteiger partial charge in [0.25, 0.3) is 5.91 Å². The molecular formula is C25H23ClN4O2S. The van der Waals surface area contributed by atoms with E-state index in [0.717, 1.165) is 41.2 Å². The highest BCUT2D eigenvalue weighted by atomic mass is 35.5. The van der Waals surface area contributed by atoms with Gasteiger partial charge in [-0.2, -0.15) is 0 Å². The van der Waals surface area contributed by atoms with Crippen molar-refractivity contribution in [3.05, 3.63) is 82.0 Å². The van der Waals surface area contributed by atoms with Crippen molar-refractivity contribution in [3.8, 4) is 11.3 Å². The van der Waals surface area contributed by atoms with Gasteiger partial charge in [0.15, 0.2) is 10.9 Å². The highest BCUT2D eigenvalue weighted by Gasteiger charge is 2.36. The molecule has 0 bridgehead atoms. The first-order valence-corrected chi connectivity index (χ1v) is 12.4. The molecule has 1 unspecified atom stereocenters. The van der Waals surface area contributed by atoms with Gasteiger partial charge in [0.2, 0.25) is 6.17 Å². The Morgan fingerprint density at radius 3 is 2.76 bits per heavy atom. The van der Waals surface area contributed by atoms with Gasteiger partial charge in [-0.1, -0.05) is 73.5 Å². The molecule has 2 aromatic carbocycles. The molecule has 33 heavy (non-hydrogen) atoms. The van der Waals surface area contributed by atoms with Crippen LogP contribution in [0.3, 0.4) is 0 Å². The Kier molecular flexibility index (Phi) is 6.24. The fourth-order valence-electron chi connectivity index (χ4n) is 3.90. The molecule has 1 aromatic heterocycles. The predicted octanol–water partition coefficient (Wildman–Crippen LogP) is 4.67. The summed E-state index contributed by atoms with van der Waals surface area (Å²) in [7, 11) is 0. The number of furan rings is 1. The van der Waals surface area contributed by atoms with Gasteiger partial charge < -0.3 is 4.42 Å². The summed E-state index contributed by atoms with van der Waals surface area (Å²) in [6.45, 7) is 2.17. The number of carbonyl (C=O) groups is 1. The molecule has 8 heteroatoms. The van der Waals surface area contributed by atoms with Gasteiger partial charge in [0.05, 0.1) is 10.4 Å². The summed E-state index contributed by atoms with van der Waals surface area (Å²) < 4.78 is 6.20. The number of nitrogens with one attached hydrogen (secondary N) is 1. The monoisotopic (exact) mass is 478 g/mol. The van der Waals surface area contributed by atoms with Gasteiger partial charge in [-0.05, 0) is 36.8 Å². The van der Waals surface area contributed by atoms with Crippen LogP contribution in [-0.4, -0.2) is 21.8 Å². The molecule has 1 amide bonds. The van der Waals surface area contributed by atoms with E-state index in [9.17, 15) is 4.79 Å². The number of hydrogen-bond acceptors (Lipinski definition) is 6. The maximum absolute atomic E-state index is 13.2. The lowest BCUT2D eigenvalue weighted by molar-refractivity contribution is -0.116. The molecule has 2 aliphatic heterocycles. The Labute approximate surface area is 201 Å². The minimum atomic E-state index is -0.594. The summed E-state index contributed by atoms with van der Waals surface area (Å²) in [5, 5.41) is 12.1. The third-order valence-electron chi connectivity index (χ3n) is 5.52. The Morgan fingerprint density at radius 2 is 1.91 bits per heavy atom. The maximum Gasteiger partial charge on any atom is 0.276 e. The van der Waals surface area contributed by atoms with Crippen LogP contribution >= 0.6 is 23.4 Å². The van der Waals surface area contributed by atoms with Gasteiger partial charge in [0.1, 0.15) is 11.5 Å². The Morgan fingerprint density at radius 1 is 1.09 bits per heavy atom. The molecule has 0 saturated carbocycles. The van der Waals surface area contributed by atoms with Crippen LogP contribution in [-0.2, 0) is 4.79 Å². The van der Waals surface area contributed by atoms with E-state index in [-0.39, 0.29) is 5.91 Å². The van der Waals surface area contributed by atoms with E-state index in [0.29, 0.717) is 27.4 Å². The van der Waals surface area contributed by atoms with Gasteiger partial charge in [-0.3, -0.25) is 10.1 Å². The number of para-hydroxylation sites is 1. The number of amidine groups is 1. The topological polar surface area (TPSA) is 70.2 Å². The average Bonchev–Trinajstić information content (AvgIpc) is 3.31. The first kappa shape index (κ1) is 21.8. The molecule has 5 rings (SSSR count). The molecule has 3 heterocycles. The van der Waals surface area contributed by atoms with E-state index >= 15 is 0 Å². The number of hydrazone groups is 1.